The maximum Gasteiger partial charge on any atom is 0.163 e. The quantitative estimate of drug-likeness (QED) is 0.388. The van der Waals surface area contributed by atoms with E-state index in [0.29, 0.717) is 12.7 Å². The molecule has 2 N–H and O–H groups in total. The molecule has 1 aliphatic rings. The van der Waals surface area contributed by atoms with Gasteiger partial charge in [-0.25, -0.2) is 0 Å². The van der Waals surface area contributed by atoms with Crippen LogP contribution in [0.5, 0.6) is 0 Å². The van der Waals surface area contributed by atoms with Gasteiger partial charge in [0.1, 0.15) is 0 Å². The van der Waals surface area contributed by atoms with Crippen LogP contribution in [0.2, 0.25) is 0 Å². The molecule has 0 amide bonds. The lowest BCUT2D eigenvalue weighted by Crippen LogP contribution is -2.43. The number of aliphatic hydroxyl groups excluding tert-OH is 1. The van der Waals surface area contributed by atoms with Gasteiger partial charge in [0, 0.05) is 0 Å². The molecule has 0 fully saturated rings. The molecule has 0 aliphatic heterocycles. The average molecular weight is 142 g/mol. The fourth-order valence-electron chi connectivity index (χ4n) is 0.986. The van der Waals surface area contributed by atoms with Gasteiger partial charge in [-0.3, -0.25) is 4.79 Å². The first-order valence-electron chi connectivity index (χ1n) is 3.23. The Morgan fingerprint density at radius 3 is 2.80 bits per heavy atom. The number of hydrogen-bond acceptors (Lipinski definition) is 3. The number of aldehydes is 1. The predicted molar refractivity (Wildman–Crippen MR) is 35.4 cm³/mol. The molecule has 0 bridgehead atoms. The van der Waals surface area contributed by atoms with Crippen LogP contribution in [0, 0.1) is 0 Å². The van der Waals surface area contributed by atoms with Crippen LogP contribution in [0.3, 0.4) is 0 Å². The van der Waals surface area contributed by atoms with Crippen molar-refractivity contribution < 1.29 is 15.0 Å². The normalized spacial score (nSPS) is 39.6. The lowest BCUT2D eigenvalue weighted by atomic mass is 9.89. The van der Waals surface area contributed by atoms with Crippen molar-refractivity contribution in [3.8, 4) is 0 Å². The molecule has 2 unspecified atom stereocenters. The molecule has 0 saturated carbocycles. The fourth-order valence-corrected chi connectivity index (χ4v) is 0.986. The van der Waals surface area contributed by atoms with Crippen molar-refractivity contribution in [2.75, 3.05) is 0 Å². The lowest BCUT2D eigenvalue weighted by molar-refractivity contribution is -0.130. The highest BCUT2D eigenvalue weighted by atomic mass is 16.3. The minimum atomic E-state index is -1.63. The summed E-state index contributed by atoms with van der Waals surface area (Å²) in [5, 5.41) is 18.3. The van der Waals surface area contributed by atoms with Gasteiger partial charge in [0.15, 0.2) is 11.9 Å². The van der Waals surface area contributed by atoms with Crippen molar-refractivity contribution in [3.05, 3.63) is 12.2 Å². The molecule has 3 nitrogen and oxygen atoms in total. The third-order valence-electron chi connectivity index (χ3n) is 1.71. The number of allylic oxidation sites excluding steroid dienone is 1. The van der Waals surface area contributed by atoms with E-state index in [1.807, 2.05) is 0 Å². The topological polar surface area (TPSA) is 57.5 Å². The Labute approximate surface area is 59.0 Å². The third kappa shape index (κ3) is 1.10. The van der Waals surface area contributed by atoms with E-state index in [1.165, 1.54) is 6.08 Å². The van der Waals surface area contributed by atoms with E-state index in [9.17, 15) is 9.90 Å². The van der Waals surface area contributed by atoms with E-state index < -0.39 is 11.7 Å². The molecule has 56 valence electrons. The molecular formula is C7H10O3. The Morgan fingerprint density at radius 1 is 1.70 bits per heavy atom. The number of rotatable bonds is 1. The van der Waals surface area contributed by atoms with Crippen molar-refractivity contribution in [3.63, 3.8) is 0 Å². The Balaban J connectivity index is 2.80. The molecule has 3 heteroatoms. The van der Waals surface area contributed by atoms with Crippen molar-refractivity contribution >= 4 is 6.29 Å². The molecule has 0 heterocycles. The largest absolute Gasteiger partial charge is 0.389 e. The Hall–Kier alpha value is -0.670. The fraction of sp³-hybridized carbons (Fsp3) is 0.571. The van der Waals surface area contributed by atoms with Crippen LogP contribution in [0.15, 0.2) is 12.2 Å². The van der Waals surface area contributed by atoms with Gasteiger partial charge < -0.3 is 10.2 Å². The van der Waals surface area contributed by atoms with E-state index in [-0.39, 0.29) is 0 Å². The molecule has 10 heavy (non-hydrogen) atoms. The third-order valence-corrected chi connectivity index (χ3v) is 1.71. The molecule has 0 radical (unpaired) electrons. The maximum absolute atomic E-state index is 10.2. The molecule has 0 aromatic rings. The number of carbonyl (C=O) groups excluding carboxylic acids is 1. The Bertz CT molecular complexity index is 164. The van der Waals surface area contributed by atoms with Crippen molar-refractivity contribution in [1.82, 2.24) is 0 Å². The first-order chi connectivity index (χ1) is 4.69. The van der Waals surface area contributed by atoms with Gasteiger partial charge in [0.05, 0.1) is 6.10 Å². The van der Waals surface area contributed by atoms with Gasteiger partial charge in [-0.15, -0.1) is 0 Å². The second kappa shape index (κ2) is 2.52. The zero-order valence-corrected chi connectivity index (χ0v) is 5.53. The molecule has 0 saturated heterocycles. The number of carbonyl (C=O) groups is 1. The highest BCUT2D eigenvalue weighted by Gasteiger charge is 2.33. The summed E-state index contributed by atoms with van der Waals surface area (Å²) in [5.41, 5.74) is -1.63. The first kappa shape index (κ1) is 7.44. The van der Waals surface area contributed by atoms with E-state index in [2.05, 4.69) is 0 Å². The smallest absolute Gasteiger partial charge is 0.163 e. The van der Waals surface area contributed by atoms with Gasteiger partial charge in [-0.05, 0) is 18.9 Å². The van der Waals surface area contributed by atoms with Gasteiger partial charge in [-0.1, -0.05) is 6.08 Å². The SMILES string of the molecule is O=CC1(O)C=CCCC1O. The van der Waals surface area contributed by atoms with E-state index in [1.54, 1.807) is 6.08 Å². The Kier molecular flexibility index (Phi) is 1.87. The van der Waals surface area contributed by atoms with Gasteiger partial charge >= 0.3 is 0 Å². The van der Waals surface area contributed by atoms with Crippen molar-refractivity contribution in [2.24, 2.45) is 0 Å². The number of hydrogen-bond donors (Lipinski definition) is 2. The summed E-state index contributed by atoms with van der Waals surface area (Å²) in [6, 6.07) is 0. The average Bonchev–Trinajstić information content (AvgIpc) is 1.96. The van der Waals surface area contributed by atoms with Crippen LogP contribution in [0.25, 0.3) is 0 Å². The minimum Gasteiger partial charge on any atom is -0.389 e. The summed E-state index contributed by atoms with van der Waals surface area (Å²) in [6.45, 7) is 0. The molecular weight excluding hydrogens is 132 g/mol. The standard InChI is InChI=1S/C7H10O3/c8-5-7(10)4-2-1-3-6(7)9/h2,4-6,9-10H,1,3H2. The highest BCUT2D eigenvalue weighted by Crippen LogP contribution is 2.19. The maximum atomic E-state index is 10.2. The van der Waals surface area contributed by atoms with Gasteiger partial charge in [0.2, 0.25) is 0 Å². The summed E-state index contributed by atoms with van der Waals surface area (Å²) in [7, 11) is 0. The lowest BCUT2D eigenvalue weighted by Gasteiger charge is -2.26. The molecule has 1 aliphatic carbocycles. The molecule has 0 spiro atoms. The number of aliphatic hydroxyl groups is 2. The van der Waals surface area contributed by atoms with E-state index in [0.717, 1.165) is 6.42 Å². The van der Waals surface area contributed by atoms with Crippen molar-refractivity contribution in [1.29, 1.82) is 0 Å². The summed E-state index contributed by atoms with van der Waals surface area (Å²) >= 11 is 0. The highest BCUT2D eigenvalue weighted by molar-refractivity contribution is 5.67. The molecule has 2 atom stereocenters. The molecule has 0 aromatic heterocycles. The van der Waals surface area contributed by atoms with E-state index >= 15 is 0 Å². The van der Waals surface area contributed by atoms with Crippen LogP contribution in [0.4, 0.5) is 0 Å². The zero-order chi connectivity index (χ0) is 7.61. The monoisotopic (exact) mass is 142 g/mol. The van der Waals surface area contributed by atoms with Crippen molar-refractivity contribution in [2.45, 2.75) is 24.5 Å². The Morgan fingerprint density at radius 2 is 2.40 bits per heavy atom. The predicted octanol–water partition coefficient (Wildman–Crippen LogP) is -0.373. The van der Waals surface area contributed by atoms with Crippen LogP contribution < -0.4 is 0 Å². The van der Waals surface area contributed by atoms with Crippen LogP contribution in [-0.4, -0.2) is 28.2 Å². The summed E-state index contributed by atoms with van der Waals surface area (Å²) < 4.78 is 0. The zero-order valence-electron chi connectivity index (χ0n) is 5.53. The van der Waals surface area contributed by atoms with Gasteiger partial charge in [0.25, 0.3) is 0 Å². The minimum absolute atomic E-state index is 0.368. The summed E-state index contributed by atoms with van der Waals surface area (Å²) in [5.74, 6) is 0. The van der Waals surface area contributed by atoms with Gasteiger partial charge in [-0.2, -0.15) is 0 Å². The van der Waals surface area contributed by atoms with Crippen LogP contribution >= 0.6 is 0 Å². The first-order valence-corrected chi connectivity index (χ1v) is 3.23. The van der Waals surface area contributed by atoms with Crippen LogP contribution in [0.1, 0.15) is 12.8 Å². The molecule has 1 rings (SSSR count). The second-order valence-corrected chi connectivity index (χ2v) is 2.50. The second-order valence-electron chi connectivity index (χ2n) is 2.50. The van der Waals surface area contributed by atoms with E-state index in [4.69, 9.17) is 5.11 Å². The van der Waals surface area contributed by atoms with Crippen LogP contribution in [-0.2, 0) is 4.79 Å². The summed E-state index contributed by atoms with van der Waals surface area (Å²) in [4.78, 5) is 10.2. The molecule has 0 aromatic carbocycles. The summed E-state index contributed by atoms with van der Waals surface area (Å²) in [6.07, 6.45) is 3.64.